The highest BCUT2D eigenvalue weighted by Gasteiger charge is 2.09. The van der Waals surface area contributed by atoms with E-state index in [4.69, 9.17) is 0 Å². The van der Waals surface area contributed by atoms with E-state index < -0.39 is 0 Å². The van der Waals surface area contributed by atoms with Crippen molar-refractivity contribution in [2.75, 3.05) is 5.32 Å². The van der Waals surface area contributed by atoms with Crippen LogP contribution in [0.2, 0.25) is 0 Å². The lowest BCUT2D eigenvalue weighted by Crippen LogP contribution is -2.05. The standard InChI is InChI=1S/C17H14FN3O2/c1-10(22)20-13-4-2-3-12(8-13)19-9-15-14-7-11(18)5-6-16(14)21-17(15)23/h2-9,21,23H,1H3,(H,20,22). The van der Waals surface area contributed by atoms with Gasteiger partial charge in [0.2, 0.25) is 5.91 Å². The summed E-state index contributed by atoms with van der Waals surface area (Å²) in [6, 6.07) is 11.2. The van der Waals surface area contributed by atoms with Crippen molar-refractivity contribution >= 4 is 34.4 Å². The van der Waals surface area contributed by atoms with E-state index in [1.165, 1.54) is 25.3 Å². The number of carbonyl (C=O) groups excluding carboxylic acids is 1. The fourth-order valence-electron chi connectivity index (χ4n) is 2.31. The van der Waals surface area contributed by atoms with E-state index in [2.05, 4.69) is 15.3 Å². The first-order valence-electron chi connectivity index (χ1n) is 6.95. The number of aromatic hydroxyl groups is 1. The monoisotopic (exact) mass is 311 g/mol. The Morgan fingerprint density at radius 3 is 2.91 bits per heavy atom. The SMILES string of the molecule is CC(=O)Nc1cccc(N=Cc2c(O)[nH]c3ccc(F)cc23)c1. The normalized spacial score (nSPS) is 11.2. The summed E-state index contributed by atoms with van der Waals surface area (Å²) in [6.45, 7) is 1.43. The molecule has 0 aliphatic heterocycles. The Morgan fingerprint density at radius 2 is 2.13 bits per heavy atom. The van der Waals surface area contributed by atoms with E-state index in [1.807, 2.05) is 0 Å². The molecule has 0 atom stereocenters. The number of benzene rings is 2. The molecule has 1 heterocycles. The van der Waals surface area contributed by atoms with Crippen LogP contribution in [0.3, 0.4) is 0 Å². The minimum absolute atomic E-state index is 0.0765. The number of halogens is 1. The van der Waals surface area contributed by atoms with Gasteiger partial charge in [0.25, 0.3) is 0 Å². The minimum atomic E-state index is -0.390. The lowest BCUT2D eigenvalue weighted by Gasteiger charge is -2.02. The maximum absolute atomic E-state index is 13.4. The Labute approximate surface area is 131 Å². The van der Waals surface area contributed by atoms with Gasteiger partial charge in [0.05, 0.1) is 11.3 Å². The molecule has 5 nitrogen and oxygen atoms in total. The average Bonchev–Trinajstić information content (AvgIpc) is 2.80. The molecule has 0 aliphatic carbocycles. The molecule has 0 bridgehead atoms. The maximum Gasteiger partial charge on any atom is 0.221 e. The Hall–Kier alpha value is -3.15. The second-order valence-corrected chi connectivity index (χ2v) is 5.07. The third kappa shape index (κ3) is 3.21. The van der Waals surface area contributed by atoms with Gasteiger partial charge in [0.1, 0.15) is 5.82 Å². The molecule has 1 aromatic heterocycles. The summed E-state index contributed by atoms with van der Waals surface area (Å²) >= 11 is 0. The smallest absolute Gasteiger partial charge is 0.221 e. The highest BCUT2D eigenvalue weighted by atomic mass is 19.1. The van der Waals surface area contributed by atoms with Crippen LogP contribution in [-0.4, -0.2) is 22.2 Å². The van der Waals surface area contributed by atoms with Crippen molar-refractivity contribution in [2.45, 2.75) is 6.92 Å². The van der Waals surface area contributed by atoms with E-state index in [9.17, 15) is 14.3 Å². The molecule has 3 rings (SSSR count). The third-order valence-corrected chi connectivity index (χ3v) is 3.29. The number of amides is 1. The van der Waals surface area contributed by atoms with Gasteiger partial charge >= 0.3 is 0 Å². The zero-order valence-electron chi connectivity index (χ0n) is 12.3. The second-order valence-electron chi connectivity index (χ2n) is 5.07. The predicted octanol–water partition coefficient (Wildman–Crippen LogP) is 3.72. The van der Waals surface area contributed by atoms with Crippen LogP contribution in [0.4, 0.5) is 15.8 Å². The Balaban J connectivity index is 1.95. The predicted molar refractivity (Wildman–Crippen MR) is 87.9 cm³/mol. The third-order valence-electron chi connectivity index (χ3n) is 3.29. The van der Waals surface area contributed by atoms with Crippen LogP contribution in [0, 0.1) is 5.82 Å². The summed E-state index contributed by atoms with van der Waals surface area (Å²) in [6.07, 6.45) is 1.46. The topological polar surface area (TPSA) is 77.5 Å². The van der Waals surface area contributed by atoms with E-state index in [0.29, 0.717) is 27.8 Å². The van der Waals surface area contributed by atoms with Crippen molar-refractivity contribution in [3.63, 3.8) is 0 Å². The number of rotatable bonds is 3. The molecule has 0 saturated carbocycles. The molecule has 0 unspecified atom stereocenters. The number of anilines is 1. The summed E-state index contributed by atoms with van der Waals surface area (Å²) in [4.78, 5) is 18.1. The Morgan fingerprint density at radius 1 is 1.30 bits per heavy atom. The van der Waals surface area contributed by atoms with Crippen LogP contribution in [0.1, 0.15) is 12.5 Å². The Bertz CT molecular complexity index is 915. The molecule has 0 aliphatic rings. The van der Waals surface area contributed by atoms with Gasteiger partial charge in [-0.1, -0.05) is 6.07 Å². The largest absolute Gasteiger partial charge is 0.494 e. The van der Waals surface area contributed by atoms with Gasteiger partial charge in [-0.2, -0.15) is 0 Å². The van der Waals surface area contributed by atoms with Crippen molar-refractivity contribution < 1.29 is 14.3 Å². The summed E-state index contributed by atoms with van der Waals surface area (Å²) in [5.74, 6) is -0.637. The number of aromatic nitrogens is 1. The molecule has 0 saturated heterocycles. The number of aliphatic imine (C=N–C) groups is 1. The van der Waals surface area contributed by atoms with Crippen molar-refractivity contribution in [1.29, 1.82) is 0 Å². The quantitative estimate of drug-likeness (QED) is 0.645. The van der Waals surface area contributed by atoms with Crippen LogP contribution in [0.15, 0.2) is 47.5 Å². The number of H-pyrrole nitrogens is 1. The van der Waals surface area contributed by atoms with Gasteiger partial charge in [-0.25, -0.2) is 4.39 Å². The van der Waals surface area contributed by atoms with Gasteiger partial charge in [0, 0.05) is 29.7 Å². The van der Waals surface area contributed by atoms with Crippen LogP contribution >= 0.6 is 0 Å². The zero-order valence-corrected chi connectivity index (χ0v) is 12.3. The fraction of sp³-hybridized carbons (Fsp3) is 0.0588. The highest BCUT2D eigenvalue weighted by Crippen LogP contribution is 2.27. The number of carbonyl (C=O) groups is 1. The van der Waals surface area contributed by atoms with Crippen LogP contribution in [-0.2, 0) is 4.79 Å². The van der Waals surface area contributed by atoms with E-state index in [1.54, 1.807) is 30.3 Å². The number of hydrogen-bond donors (Lipinski definition) is 3. The minimum Gasteiger partial charge on any atom is -0.494 e. The average molecular weight is 311 g/mol. The van der Waals surface area contributed by atoms with Crippen LogP contribution in [0.25, 0.3) is 10.9 Å². The molecular formula is C17H14FN3O2. The van der Waals surface area contributed by atoms with Crippen molar-refractivity contribution in [3.05, 3.63) is 53.8 Å². The second kappa shape index (κ2) is 5.92. The molecule has 0 fully saturated rings. The molecule has 0 radical (unpaired) electrons. The van der Waals surface area contributed by atoms with Gasteiger partial charge in [-0.3, -0.25) is 9.79 Å². The van der Waals surface area contributed by atoms with Gasteiger partial charge in [-0.15, -0.1) is 0 Å². The number of hydrogen-bond acceptors (Lipinski definition) is 3. The molecule has 1 amide bonds. The number of nitrogens with one attached hydrogen (secondary N) is 2. The van der Waals surface area contributed by atoms with Crippen molar-refractivity contribution in [3.8, 4) is 5.88 Å². The summed E-state index contributed by atoms with van der Waals surface area (Å²) in [5.41, 5.74) is 2.25. The number of aromatic amines is 1. The summed E-state index contributed by atoms with van der Waals surface area (Å²) in [7, 11) is 0. The molecule has 23 heavy (non-hydrogen) atoms. The van der Waals surface area contributed by atoms with E-state index >= 15 is 0 Å². The molecule has 3 aromatic rings. The molecule has 3 N–H and O–H groups in total. The molecule has 116 valence electrons. The molecular weight excluding hydrogens is 297 g/mol. The molecule has 6 heteroatoms. The van der Waals surface area contributed by atoms with Gasteiger partial charge in [0.15, 0.2) is 5.88 Å². The fourth-order valence-corrected chi connectivity index (χ4v) is 2.31. The van der Waals surface area contributed by atoms with Gasteiger partial charge < -0.3 is 15.4 Å². The summed E-state index contributed by atoms with van der Waals surface area (Å²) in [5, 5.41) is 13.2. The van der Waals surface area contributed by atoms with E-state index in [0.717, 1.165) is 0 Å². The Kier molecular flexibility index (Phi) is 3.80. The van der Waals surface area contributed by atoms with Crippen LogP contribution < -0.4 is 5.32 Å². The molecule has 0 spiro atoms. The lowest BCUT2D eigenvalue weighted by molar-refractivity contribution is -0.114. The maximum atomic E-state index is 13.4. The first kappa shape index (κ1) is 14.8. The lowest BCUT2D eigenvalue weighted by atomic mass is 10.2. The van der Waals surface area contributed by atoms with Crippen molar-refractivity contribution in [1.82, 2.24) is 4.98 Å². The van der Waals surface area contributed by atoms with Gasteiger partial charge in [-0.05, 0) is 36.4 Å². The van der Waals surface area contributed by atoms with Crippen LogP contribution in [0.5, 0.6) is 5.88 Å². The number of nitrogens with zero attached hydrogens (tertiary/aromatic N) is 1. The zero-order chi connectivity index (χ0) is 16.4. The molecule has 2 aromatic carbocycles. The summed E-state index contributed by atoms with van der Waals surface area (Å²) < 4.78 is 13.4. The van der Waals surface area contributed by atoms with E-state index in [-0.39, 0.29) is 17.6 Å². The number of fused-ring (bicyclic) bond motifs is 1. The van der Waals surface area contributed by atoms with Crippen molar-refractivity contribution in [2.24, 2.45) is 4.99 Å². The first-order valence-corrected chi connectivity index (χ1v) is 6.95. The highest BCUT2D eigenvalue weighted by molar-refractivity contribution is 6.02. The first-order chi connectivity index (χ1) is 11.0.